The van der Waals surface area contributed by atoms with Crippen molar-refractivity contribution in [3.63, 3.8) is 0 Å². The third kappa shape index (κ3) is 3.93. The zero-order chi connectivity index (χ0) is 30.9. The van der Waals surface area contributed by atoms with Crippen molar-refractivity contribution in [2.24, 2.45) is 0 Å². The maximum atomic E-state index is 6.91. The minimum Gasteiger partial charge on any atom is -0.458 e. The summed E-state index contributed by atoms with van der Waals surface area (Å²) in [6.07, 6.45) is 0. The van der Waals surface area contributed by atoms with Crippen LogP contribution in [0.3, 0.4) is 0 Å². The van der Waals surface area contributed by atoms with Crippen LogP contribution in [0.15, 0.2) is 164 Å². The van der Waals surface area contributed by atoms with Crippen LogP contribution in [0, 0.1) is 0 Å². The lowest BCUT2D eigenvalue weighted by atomic mass is 9.34. The second-order valence-corrected chi connectivity index (χ2v) is 12.4. The molecular weight excluding hydrogens is 571 g/mol. The highest BCUT2D eigenvalue weighted by Crippen LogP contribution is 2.48. The fourth-order valence-corrected chi connectivity index (χ4v) is 7.77. The molecule has 0 fully saturated rings. The Hall–Kier alpha value is -6.06. The van der Waals surface area contributed by atoms with Gasteiger partial charge in [0.05, 0.1) is 0 Å². The molecule has 0 atom stereocenters. The second-order valence-electron chi connectivity index (χ2n) is 12.4. The highest BCUT2D eigenvalue weighted by atomic mass is 16.5. The molecule has 0 saturated carbocycles. The van der Waals surface area contributed by atoms with Gasteiger partial charge in [0.25, 0.3) is 6.71 Å². The Morgan fingerprint density at radius 1 is 0.340 bits per heavy atom. The molecule has 0 aromatic heterocycles. The summed E-state index contributed by atoms with van der Waals surface area (Å²) < 4.78 is 13.5. The highest BCUT2D eigenvalue weighted by Gasteiger charge is 2.41. The number of hydrogen-bond donors (Lipinski definition) is 0. The van der Waals surface area contributed by atoms with Gasteiger partial charge in [-0.3, -0.25) is 0 Å². The maximum absolute atomic E-state index is 6.91. The van der Waals surface area contributed by atoms with E-state index >= 15 is 0 Å². The molecule has 0 N–H and O–H groups in total. The van der Waals surface area contributed by atoms with E-state index in [2.05, 4.69) is 158 Å². The molecule has 2 aliphatic rings. The Morgan fingerprint density at radius 3 is 1.47 bits per heavy atom. The number of rotatable bonds is 3. The molecule has 47 heavy (non-hydrogen) atoms. The molecule has 0 aliphatic carbocycles. The largest absolute Gasteiger partial charge is 0.458 e. The molecule has 0 saturated heterocycles. The zero-order valence-electron chi connectivity index (χ0n) is 25.5. The van der Waals surface area contributed by atoms with Crippen molar-refractivity contribution >= 4 is 44.6 Å². The molecule has 2 aliphatic heterocycles. The molecule has 0 unspecified atom stereocenters. The van der Waals surface area contributed by atoms with Crippen LogP contribution in [0.25, 0.3) is 54.9 Å². The van der Waals surface area contributed by atoms with E-state index in [1.807, 2.05) is 6.07 Å². The highest BCUT2D eigenvalue weighted by molar-refractivity contribution is 6.98. The average molecular weight is 599 g/mol. The fraction of sp³-hybridized carbons (Fsp3) is 0. The molecule has 10 rings (SSSR count). The van der Waals surface area contributed by atoms with Crippen molar-refractivity contribution in [3.05, 3.63) is 164 Å². The van der Waals surface area contributed by atoms with Crippen molar-refractivity contribution in [3.8, 4) is 56.4 Å². The molecule has 8 aromatic rings. The van der Waals surface area contributed by atoms with Crippen molar-refractivity contribution < 1.29 is 9.47 Å². The Morgan fingerprint density at radius 2 is 0.830 bits per heavy atom. The summed E-state index contributed by atoms with van der Waals surface area (Å²) in [4.78, 5) is 0. The van der Waals surface area contributed by atoms with Gasteiger partial charge in [0.1, 0.15) is 23.0 Å². The van der Waals surface area contributed by atoms with Gasteiger partial charge < -0.3 is 9.47 Å². The third-order valence-electron chi connectivity index (χ3n) is 9.82. The quantitative estimate of drug-likeness (QED) is 0.149. The Labute approximate surface area is 273 Å². The maximum Gasteiger partial charge on any atom is 0.260 e. The fourth-order valence-electron chi connectivity index (χ4n) is 7.77. The summed E-state index contributed by atoms with van der Waals surface area (Å²) in [6, 6.07) is 58.3. The molecule has 218 valence electrons. The number of para-hydroxylation sites is 2. The van der Waals surface area contributed by atoms with Crippen molar-refractivity contribution in [1.29, 1.82) is 0 Å². The van der Waals surface area contributed by atoms with Gasteiger partial charge in [-0.2, -0.15) is 0 Å². The van der Waals surface area contributed by atoms with E-state index in [4.69, 9.17) is 9.47 Å². The molecule has 0 radical (unpaired) electrons. The SMILES string of the molecule is c1ccc(-c2ccc(-c3c4ccccc4c(-c4ccc5c6c4Oc4ccccc4B6c4ccccc4O5)c4ccccc34)cc2)cc1. The summed E-state index contributed by atoms with van der Waals surface area (Å²) >= 11 is 0. The molecule has 0 amide bonds. The van der Waals surface area contributed by atoms with Crippen molar-refractivity contribution in [2.75, 3.05) is 0 Å². The molecular formula is C44H27BO2. The predicted octanol–water partition coefficient (Wildman–Crippen LogP) is 9.72. The van der Waals surface area contributed by atoms with Gasteiger partial charge >= 0.3 is 0 Å². The van der Waals surface area contributed by atoms with Crippen LogP contribution in [0.2, 0.25) is 0 Å². The number of fused-ring (bicyclic) bond motifs is 6. The van der Waals surface area contributed by atoms with Crippen LogP contribution in [-0.2, 0) is 0 Å². The van der Waals surface area contributed by atoms with E-state index in [-0.39, 0.29) is 6.71 Å². The van der Waals surface area contributed by atoms with Gasteiger partial charge in [-0.25, -0.2) is 0 Å². The van der Waals surface area contributed by atoms with Gasteiger partial charge in [-0.1, -0.05) is 140 Å². The monoisotopic (exact) mass is 598 g/mol. The summed E-state index contributed by atoms with van der Waals surface area (Å²) in [6.45, 7) is 0.0229. The second kappa shape index (κ2) is 10.2. The van der Waals surface area contributed by atoms with Gasteiger partial charge in [-0.15, -0.1) is 0 Å². The third-order valence-corrected chi connectivity index (χ3v) is 9.82. The van der Waals surface area contributed by atoms with Gasteiger partial charge in [-0.05, 0) is 79.0 Å². The minimum atomic E-state index is 0.0229. The molecule has 0 spiro atoms. The first-order valence-corrected chi connectivity index (χ1v) is 16.1. The summed E-state index contributed by atoms with van der Waals surface area (Å²) in [5, 5.41) is 4.82. The summed E-state index contributed by atoms with van der Waals surface area (Å²) in [7, 11) is 0. The van der Waals surface area contributed by atoms with Crippen molar-refractivity contribution in [2.45, 2.75) is 0 Å². The average Bonchev–Trinajstić information content (AvgIpc) is 3.14. The van der Waals surface area contributed by atoms with Crippen LogP contribution in [0.4, 0.5) is 0 Å². The van der Waals surface area contributed by atoms with Crippen LogP contribution >= 0.6 is 0 Å². The molecule has 2 heterocycles. The number of hydrogen-bond acceptors (Lipinski definition) is 2. The Balaban J connectivity index is 1.24. The Kier molecular flexibility index (Phi) is 5.70. The normalized spacial score (nSPS) is 12.6. The van der Waals surface area contributed by atoms with Crippen LogP contribution in [0.5, 0.6) is 23.0 Å². The first-order valence-electron chi connectivity index (χ1n) is 16.1. The first-order chi connectivity index (χ1) is 23.3. The summed E-state index contributed by atoms with van der Waals surface area (Å²) in [5.74, 6) is 3.52. The Bertz CT molecular complexity index is 2450. The summed E-state index contributed by atoms with van der Waals surface area (Å²) in [5.41, 5.74) is 10.5. The number of benzene rings is 8. The van der Waals surface area contributed by atoms with Gasteiger partial charge in [0.2, 0.25) is 0 Å². The molecule has 3 heteroatoms. The van der Waals surface area contributed by atoms with Crippen molar-refractivity contribution in [1.82, 2.24) is 0 Å². The smallest absolute Gasteiger partial charge is 0.260 e. The lowest BCUT2D eigenvalue weighted by molar-refractivity contribution is 0.465. The standard InChI is InChI=1S/C44H27BO2/c1-2-12-28(13-3-1)29-22-24-30(25-23-29)41-31-14-4-6-16-33(31)42(34-17-7-5-15-32(34)41)35-26-27-40-43-44(35)47-39-21-11-9-19-37(39)45(43)36-18-8-10-20-38(36)46-40/h1-27H. The molecule has 8 aromatic carbocycles. The van der Waals surface area contributed by atoms with E-state index in [9.17, 15) is 0 Å². The lowest BCUT2D eigenvalue weighted by Crippen LogP contribution is -2.57. The van der Waals surface area contributed by atoms with Gasteiger partial charge in [0.15, 0.2) is 0 Å². The van der Waals surface area contributed by atoms with Crippen LogP contribution < -0.4 is 25.9 Å². The predicted molar refractivity (Wildman–Crippen MR) is 195 cm³/mol. The topological polar surface area (TPSA) is 18.5 Å². The van der Waals surface area contributed by atoms with Crippen LogP contribution in [0.1, 0.15) is 0 Å². The van der Waals surface area contributed by atoms with E-state index in [1.165, 1.54) is 49.4 Å². The molecule has 2 nitrogen and oxygen atoms in total. The van der Waals surface area contributed by atoms with E-state index < -0.39 is 0 Å². The van der Waals surface area contributed by atoms with E-state index in [1.54, 1.807) is 0 Å². The zero-order valence-corrected chi connectivity index (χ0v) is 25.5. The number of ether oxygens (including phenoxy) is 2. The van der Waals surface area contributed by atoms with E-state index in [0.29, 0.717) is 0 Å². The molecule has 0 bridgehead atoms. The lowest BCUT2D eigenvalue weighted by Gasteiger charge is -2.34. The minimum absolute atomic E-state index is 0.0229. The van der Waals surface area contributed by atoms with Crippen LogP contribution in [-0.4, -0.2) is 6.71 Å². The first kappa shape index (κ1) is 26.2. The van der Waals surface area contributed by atoms with E-state index in [0.717, 1.165) is 44.9 Å². The van der Waals surface area contributed by atoms with Gasteiger partial charge in [0, 0.05) is 16.6 Å².